The van der Waals surface area contributed by atoms with Crippen LogP contribution in [0.4, 0.5) is 0 Å². The van der Waals surface area contributed by atoms with Crippen molar-refractivity contribution in [2.24, 2.45) is 4.99 Å². The molecule has 1 saturated heterocycles. The van der Waals surface area contributed by atoms with Crippen molar-refractivity contribution in [1.82, 2.24) is 20.0 Å². The Bertz CT molecular complexity index is 580. The molecule has 0 aromatic carbocycles. The summed E-state index contributed by atoms with van der Waals surface area (Å²) < 4.78 is 5.24. The molecule has 0 bridgehead atoms. The summed E-state index contributed by atoms with van der Waals surface area (Å²) in [4.78, 5) is 23.9. The van der Waals surface area contributed by atoms with Crippen LogP contribution in [0.1, 0.15) is 50.6 Å². The molecule has 2 rings (SSSR count). The van der Waals surface area contributed by atoms with Crippen molar-refractivity contribution in [3.8, 4) is 0 Å². The molecule has 0 unspecified atom stereocenters. The zero-order chi connectivity index (χ0) is 20.2. The minimum absolute atomic E-state index is 0. The van der Waals surface area contributed by atoms with Crippen molar-refractivity contribution >= 4 is 35.8 Å². The molecule has 1 fully saturated rings. The fourth-order valence-corrected chi connectivity index (χ4v) is 3.55. The topological polar surface area (TPSA) is 64.3 Å². The van der Waals surface area contributed by atoms with Crippen LogP contribution in [0.15, 0.2) is 27.8 Å². The van der Waals surface area contributed by atoms with Gasteiger partial charge in [-0.25, -0.2) is 0 Å². The summed E-state index contributed by atoms with van der Waals surface area (Å²) in [5.41, 5.74) is 0. The van der Waals surface area contributed by atoms with E-state index in [2.05, 4.69) is 35.9 Å². The molecule has 7 nitrogen and oxygen atoms in total. The molecule has 0 spiro atoms. The van der Waals surface area contributed by atoms with Gasteiger partial charge >= 0.3 is 0 Å². The highest BCUT2D eigenvalue weighted by molar-refractivity contribution is 14.0. The van der Waals surface area contributed by atoms with Gasteiger partial charge in [-0.05, 0) is 58.0 Å². The second-order valence-corrected chi connectivity index (χ2v) is 7.19. The molecule has 1 aromatic heterocycles. The summed E-state index contributed by atoms with van der Waals surface area (Å²) in [5.74, 6) is 1.35. The van der Waals surface area contributed by atoms with Gasteiger partial charge in [-0.3, -0.25) is 9.79 Å². The number of furan rings is 1. The standard InChI is InChI=1S/C21H37N5O2.HI/c1-4-11-24(12-5-2)13-8-10-23-21(22-6-3)26-16-14-25(15-17-26)20(27)19-9-7-18-28-19;/h7,9,18H,4-6,8,10-17H2,1-3H3,(H,22,23);1H. The number of nitrogens with one attached hydrogen (secondary N) is 1. The molecule has 0 aliphatic carbocycles. The smallest absolute Gasteiger partial charge is 0.289 e. The number of rotatable bonds is 10. The lowest BCUT2D eigenvalue weighted by molar-refractivity contribution is 0.0657. The van der Waals surface area contributed by atoms with E-state index < -0.39 is 0 Å². The lowest BCUT2D eigenvalue weighted by Gasteiger charge is -2.36. The predicted octanol–water partition coefficient (Wildman–Crippen LogP) is 3.13. The number of hydrogen-bond donors (Lipinski definition) is 1. The lowest BCUT2D eigenvalue weighted by Crippen LogP contribution is -2.53. The maximum absolute atomic E-state index is 12.4. The SMILES string of the molecule is CCCN(CCC)CCCN=C(NCC)N1CCN(C(=O)c2ccco2)CC1.I. The summed E-state index contributed by atoms with van der Waals surface area (Å²) in [6, 6.07) is 3.47. The van der Waals surface area contributed by atoms with E-state index in [-0.39, 0.29) is 29.9 Å². The Hall–Kier alpha value is -1.29. The normalized spacial score (nSPS) is 14.8. The maximum atomic E-state index is 12.4. The Kier molecular flexibility index (Phi) is 13.0. The highest BCUT2D eigenvalue weighted by atomic mass is 127. The fraction of sp³-hybridized carbons (Fsp3) is 0.714. The largest absolute Gasteiger partial charge is 0.459 e. The first-order chi connectivity index (χ1) is 13.7. The number of aliphatic imine (C=N–C) groups is 1. The second kappa shape index (κ2) is 14.7. The van der Waals surface area contributed by atoms with E-state index >= 15 is 0 Å². The zero-order valence-corrected chi connectivity index (χ0v) is 20.6. The number of halogens is 1. The van der Waals surface area contributed by atoms with Crippen molar-refractivity contribution in [1.29, 1.82) is 0 Å². The second-order valence-electron chi connectivity index (χ2n) is 7.19. The fourth-order valence-electron chi connectivity index (χ4n) is 3.55. The number of hydrogen-bond acceptors (Lipinski definition) is 4. The Morgan fingerprint density at radius 2 is 1.76 bits per heavy atom. The molecule has 1 amide bonds. The highest BCUT2D eigenvalue weighted by Crippen LogP contribution is 2.09. The lowest BCUT2D eigenvalue weighted by atomic mass is 10.3. The first-order valence-corrected chi connectivity index (χ1v) is 10.8. The van der Waals surface area contributed by atoms with Crippen LogP contribution in [-0.4, -0.2) is 85.5 Å². The number of piperazine rings is 1. The van der Waals surface area contributed by atoms with Crippen molar-refractivity contribution in [3.63, 3.8) is 0 Å². The molecule has 166 valence electrons. The number of nitrogens with zero attached hydrogens (tertiary/aromatic N) is 4. The third-order valence-electron chi connectivity index (χ3n) is 4.91. The Morgan fingerprint density at radius 3 is 2.31 bits per heavy atom. The van der Waals surface area contributed by atoms with Gasteiger partial charge in [-0.2, -0.15) is 0 Å². The minimum Gasteiger partial charge on any atom is -0.459 e. The van der Waals surface area contributed by atoms with Gasteiger partial charge in [0.1, 0.15) is 0 Å². The van der Waals surface area contributed by atoms with Crippen LogP contribution in [0.3, 0.4) is 0 Å². The van der Waals surface area contributed by atoms with Gasteiger partial charge in [-0.15, -0.1) is 24.0 Å². The molecule has 1 aliphatic rings. The van der Waals surface area contributed by atoms with Gasteiger partial charge in [0.15, 0.2) is 11.7 Å². The summed E-state index contributed by atoms with van der Waals surface area (Å²) in [7, 11) is 0. The monoisotopic (exact) mass is 519 g/mol. The van der Waals surface area contributed by atoms with E-state index in [1.54, 1.807) is 18.4 Å². The van der Waals surface area contributed by atoms with Gasteiger partial charge < -0.3 is 24.4 Å². The molecule has 1 aromatic rings. The van der Waals surface area contributed by atoms with Crippen molar-refractivity contribution in [3.05, 3.63) is 24.2 Å². The molecular weight excluding hydrogens is 481 g/mol. The predicted molar refractivity (Wildman–Crippen MR) is 129 cm³/mol. The zero-order valence-electron chi connectivity index (χ0n) is 18.2. The van der Waals surface area contributed by atoms with E-state index in [4.69, 9.17) is 9.41 Å². The number of guanidine groups is 1. The minimum atomic E-state index is -0.0291. The van der Waals surface area contributed by atoms with E-state index in [1.807, 2.05) is 4.90 Å². The molecule has 0 saturated carbocycles. The van der Waals surface area contributed by atoms with Gasteiger partial charge in [0, 0.05) is 39.3 Å². The van der Waals surface area contributed by atoms with E-state index in [0.29, 0.717) is 18.8 Å². The number of carbonyl (C=O) groups excluding carboxylic acids is 1. The van der Waals surface area contributed by atoms with Crippen LogP contribution < -0.4 is 5.32 Å². The average Bonchev–Trinajstić information content (AvgIpc) is 3.25. The Balaban J connectivity index is 0.00000420. The van der Waals surface area contributed by atoms with E-state index in [0.717, 1.165) is 45.1 Å². The molecule has 2 heterocycles. The van der Waals surface area contributed by atoms with Crippen molar-refractivity contribution < 1.29 is 9.21 Å². The highest BCUT2D eigenvalue weighted by Gasteiger charge is 2.25. The van der Waals surface area contributed by atoms with Crippen LogP contribution in [0.5, 0.6) is 0 Å². The Morgan fingerprint density at radius 1 is 1.10 bits per heavy atom. The van der Waals surface area contributed by atoms with E-state index in [9.17, 15) is 4.79 Å². The third kappa shape index (κ3) is 8.54. The third-order valence-corrected chi connectivity index (χ3v) is 4.91. The van der Waals surface area contributed by atoms with Crippen molar-refractivity contribution in [2.75, 3.05) is 58.9 Å². The summed E-state index contributed by atoms with van der Waals surface area (Å²) in [6.07, 6.45) is 5.02. The molecule has 0 radical (unpaired) electrons. The molecule has 0 atom stereocenters. The van der Waals surface area contributed by atoms with Gasteiger partial charge in [0.05, 0.1) is 6.26 Å². The quantitative estimate of drug-likeness (QED) is 0.223. The summed E-state index contributed by atoms with van der Waals surface area (Å²) in [6.45, 7) is 14.6. The molecule has 29 heavy (non-hydrogen) atoms. The van der Waals surface area contributed by atoms with E-state index in [1.165, 1.54) is 25.9 Å². The van der Waals surface area contributed by atoms with Crippen LogP contribution in [0.2, 0.25) is 0 Å². The first kappa shape index (κ1) is 25.7. The molecule has 1 aliphatic heterocycles. The number of amides is 1. The maximum Gasteiger partial charge on any atom is 0.289 e. The van der Waals surface area contributed by atoms with Gasteiger partial charge in [-0.1, -0.05) is 13.8 Å². The van der Waals surface area contributed by atoms with Gasteiger partial charge in [0.25, 0.3) is 5.91 Å². The van der Waals surface area contributed by atoms with Crippen LogP contribution in [0.25, 0.3) is 0 Å². The average molecular weight is 519 g/mol. The van der Waals surface area contributed by atoms with Gasteiger partial charge in [0.2, 0.25) is 0 Å². The van der Waals surface area contributed by atoms with Crippen LogP contribution >= 0.6 is 24.0 Å². The molecule has 8 heteroatoms. The molecule has 1 N–H and O–H groups in total. The summed E-state index contributed by atoms with van der Waals surface area (Å²) in [5, 5.41) is 3.40. The van der Waals surface area contributed by atoms with Crippen LogP contribution in [-0.2, 0) is 0 Å². The van der Waals surface area contributed by atoms with Crippen LogP contribution in [0, 0.1) is 0 Å². The Labute approximate surface area is 192 Å². The molecular formula is C21H38IN5O2. The number of carbonyl (C=O) groups is 1. The first-order valence-electron chi connectivity index (χ1n) is 10.8. The summed E-state index contributed by atoms with van der Waals surface area (Å²) >= 11 is 0. The van der Waals surface area contributed by atoms with Crippen molar-refractivity contribution in [2.45, 2.75) is 40.0 Å².